The van der Waals surface area contributed by atoms with Crippen LogP contribution < -0.4 is 34.3 Å². The van der Waals surface area contributed by atoms with Crippen LogP contribution in [-0.4, -0.2) is 22.3 Å². The number of pyridine rings is 1. The standard InChI is InChI=1S/C19H16N2O4.Na.H/c22-19(23)11-20-25-12-14-5-9-17(10-6-14)24-13-16-8-7-15-3-1-2-4-18(15)21-16;;/h1-11H,12-13H2,(H,22,23);;/q;+1;-1. The van der Waals surface area contributed by atoms with Crippen molar-refractivity contribution in [2.45, 2.75) is 13.2 Å². The van der Waals surface area contributed by atoms with Crippen LogP contribution >= 0.6 is 0 Å². The number of benzene rings is 2. The molecular formula is C19H17N2NaO4. The SMILES string of the molecule is O=C(O)C=NOCc1ccc(OCc2ccc3ccccc3n2)cc1.[H-].[Na+]. The van der Waals surface area contributed by atoms with Gasteiger partial charge in [0.1, 0.15) is 19.0 Å². The third-order valence-electron chi connectivity index (χ3n) is 3.44. The average molecular weight is 360 g/mol. The maximum Gasteiger partial charge on any atom is 1.00 e. The Balaban J connectivity index is 0.00000182. The summed E-state index contributed by atoms with van der Waals surface area (Å²) in [5.74, 6) is -0.432. The summed E-state index contributed by atoms with van der Waals surface area (Å²) in [5, 5.41) is 12.8. The van der Waals surface area contributed by atoms with Gasteiger partial charge < -0.3 is 16.1 Å². The predicted octanol–water partition coefficient (Wildman–Crippen LogP) is 0.517. The number of oxime groups is 1. The van der Waals surface area contributed by atoms with Gasteiger partial charge in [-0.3, -0.25) is 0 Å². The van der Waals surface area contributed by atoms with E-state index in [1.165, 1.54) is 0 Å². The third kappa shape index (κ3) is 5.84. The molecule has 0 aliphatic rings. The first kappa shape index (κ1) is 19.9. The van der Waals surface area contributed by atoms with Crippen LogP contribution in [0.5, 0.6) is 5.75 Å². The van der Waals surface area contributed by atoms with Gasteiger partial charge >= 0.3 is 35.5 Å². The van der Waals surface area contributed by atoms with E-state index >= 15 is 0 Å². The molecule has 3 aromatic rings. The van der Waals surface area contributed by atoms with E-state index < -0.39 is 5.97 Å². The predicted molar refractivity (Wildman–Crippen MR) is 94.5 cm³/mol. The topological polar surface area (TPSA) is 81.0 Å². The van der Waals surface area contributed by atoms with Gasteiger partial charge in [-0.1, -0.05) is 41.6 Å². The Kier molecular flexibility index (Phi) is 7.59. The molecule has 2 aromatic carbocycles. The molecule has 0 aliphatic carbocycles. The summed E-state index contributed by atoms with van der Waals surface area (Å²) in [7, 11) is 0. The maximum absolute atomic E-state index is 10.3. The number of hydrogen-bond donors (Lipinski definition) is 1. The molecule has 0 bridgehead atoms. The van der Waals surface area contributed by atoms with Gasteiger partial charge in [0, 0.05) is 5.39 Å². The second-order valence-electron chi connectivity index (χ2n) is 5.27. The van der Waals surface area contributed by atoms with E-state index in [-0.39, 0.29) is 37.6 Å². The van der Waals surface area contributed by atoms with E-state index in [1.807, 2.05) is 60.7 Å². The zero-order chi connectivity index (χ0) is 17.5. The van der Waals surface area contributed by atoms with Gasteiger partial charge in [-0.25, -0.2) is 9.78 Å². The fraction of sp³-hybridized carbons (Fsp3) is 0.105. The Labute approximate surface area is 174 Å². The van der Waals surface area contributed by atoms with Gasteiger partial charge in [-0.15, -0.1) is 0 Å². The Hall–Kier alpha value is -2.41. The molecule has 0 atom stereocenters. The summed E-state index contributed by atoms with van der Waals surface area (Å²) in [6.07, 6.45) is 0.702. The summed E-state index contributed by atoms with van der Waals surface area (Å²) in [6.45, 7) is 0.569. The van der Waals surface area contributed by atoms with Crippen LogP contribution in [0.3, 0.4) is 0 Å². The van der Waals surface area contributed by atoms with E-state index in [4.69, 9.17) is 14.7 Å². The number of para-hydroxylation sites is 1. The number of hydrogen-bond acceptors (Lipinski definition) is 5. The molecule has 1 heterocycles. The number of nitrogens with zero attached hydrogens (tertiary/aromatic N) is 2. The van der Waals surface area contributed by atoms with Crippen molar-refractivity contribution in [3.63, 3.8) is 0 Å². The Morgan fingerprint density at radius 3 is 2.62 bits per heavy atom. The molecule has 3 rings (SSSR count). The van der Waals surface area contributed by atoms with E-state index in [1.54, 1.807) is 0 Å². The van der Waals surface area contributed by atoms with E-state index in [0.717, 1.165) is 22.2 Å². The second kappa shape index (κ2) is 9.91. The van der Waals surface area contributed by atoms with Crippen molar-refractivity contribution >= 4 is 23.1 Å². The monoisotopic (exact) mass is 360 g/mol. The van der Waals surface area contributed by atoms with Crippen LogP contribution in [0.25, 0.3) is 10.9 Å². The summed E-state index contributed by atoms with van der Waals surface area (Å²) in [4.78, 5) is 19.7. The van der Waals surface area contributed by atoms with Crippen molar-refractivity contribution in [1.82, 2.24) is 4.98 Å². The van der Waals surface area contributed by atoms with Crippen LogP contribution in [0.1, 0.15) is 12.7 Å². The van der Waals surface area contributed by atoms with Crippen LogP contribution in [0.4, 0.5) is 0 Å². The molecule has 1 aromatic heterocycles. The molecule has 0 amide bonds. The van der Waals surface area contributed by atoms with Crippen LogP contribution in [0, 0.1) is 0 Å². The van der Waals surface area contributed by atoms with Crippen molar-refractivity contribution in [1.29, 1.82) is 0 Å². The molecule has 0 unspecified atom stereocenters. The molecular weight excluding hydrogens is 343 g/mol. The zero-order valence-electron chi connectivity index (χ0n) is 15.3. The van der Waals surface area contributed by atoms with Gasteiger partial charge in [0.15, 0.2) is 6.21 Å². The molecule has 7 heteroatoms. The van der Waals surface area contributed by atoms with E-state index in [9.17, 15) is 4.79 Å². The molecule has 26 heavy (non-hydrogen) atoms. The Morgan fingerprint density at radius 1 is 1.08 bits per heavy atom. The molecule has 1 N–H and O–H groups in total. The van der Waals surface area contributed by atoms with Crippen LogP contribution in [-0.2, 0) is 22.8 Å². The summed E-state index contributed by atoms with van der Waals surface area (Å²) in [5.41, 5.74) is 2.66. The van der Waals surface area contributed by atoms with E-state index in [2.05, 4.69) is 10.1 Å². The van der Waals surface area contributed by atoms with Crippen molar-refractivity contribution in [2.24, 2.45) is 5.16 Å². The minimum absolute atomic E-state index is 0. The third-order valence-corrected chi connectivity index (χ3v) is 3.44. The Morgan fingerprint density at radius 2 is 1.85 bits per heavy atom. The van der Waals surface area contributed by atoms with Gasteiger partial charge in [0.2, 0.25) is 0 Å². The summed E-state index contributed by atoms with van der Waals surface area (Å²) >= 11 is 0. The molecule has 0 saturated carbocycles. The number of rotatable bonds is 7. The van der Waals surface area contributed by atoms with Crippen molar-refractivity contribution < 1.29 is 50.5 Å². The van der Waals surface area contributed by atoms with Gasteiger partial charge in [-0.05, 0) is 29.8 Å². The second-order valence-corrected chi connectivity index (χ2v) is 5.27. The average Bonchev–Trinajstić information content (AvgIpc) is 2.64. The zero-order valence-corrected chi connectivity index (χ0v) is 16.3. The fourth-order valence-electron chi connectivity index (χ4n) is 2.22. The number of carbonyl (C=O) groups is 1. The number of fused-ring (bicyclic) bond motifs is 1. The maximum atomic E-state index is 10.3. The van der Waals surface area contributed by atoms with Gasteiger partial charge in [0.25, 0.3) is 0 Å². The number of carboxylic acid groups (broad SMARTS) is 1. The van der Waals surface area contributed by atoms with Crippen LogP contribution in [0.15, 0.2) is 65.8 Å². The first-order valence-electron chi connectivity index (χ1n) is 7.65. The van der Waals surface area contributed by atoms with Crippen molar-refractivity contribution in [2.75, 3.05) is 0 Å². The molecule has 0 saturated heterocycles. The molecule has 0 aliphatic heterocycles. The number of aromatic nitrogens is 1. The first-order chi connectivity index (χ1) is 12.2. The minimum atomic E-state index is -1.15. The summed E-state index contributed by atoms with van der Waals surface area (Å²) < 4.78 is 5.74. The minimum Gasteiger partial charge on any atom is -1.00 e. The number of ether oxygens (including phenoxy) is 1. The van der Waals surface area contributed by atoms with Gasteiger partial charge in [0.05, 0.1) is 11.2 Å². The van der Waals surface area contributed by atoms with E-state index in [0.29, 0.717) is 18.6 Å². The largest absolute Gasteiger partial charge is 1.00 e. The van der Waals surface area contributed by atoms with Crippen LogP contribution in [0.2, 0.25) is 0 Å². The molecule has 6 nitrogen and oxygen atoms in total. The smallest absolute Gasteiger partial charge is 1.00 e. The normalized spacial score (nSPS) is 10.5. The quantitative estimate of drug-likeness (QED) is 0.377. The summed E-state index contributed by atoms with van der Waals surface area (Å²) in [6, 6.07) is 19.2. The molecule has 128 valence electrons. The van der Waals surface area contributed by atoms with Gasteiger partial charge in [-0.2, -0.15) is 0 Å². The Bertz CT molecular complexity index is 904. The fourth-order valence-corrected chi connectivity index (χ4v) is 2.22. The molecule has 0 spiro atoms. The van der Waals surface area contributed by atoms with Crippen molar-refractivity contribution in [3.05, 3.63) is 71.9 Å². The molecule has 0 radical (unpaired) electrons. The number of carboxylic acids is 1. The van der Waals surface area contributed by atoms with Crippen molar-refractivity contribution in [3.8, 4) is 5.75 Å². The molecule has 0 fully saturated rings. The number of aliphatic carboxylic acids is 1. The first-order valence-corrected chi connectivity index (χ1v) is 7.65.